The van der Waals surface area contributed by atoms with E-state index < -0.39 is 0 Å². The second-order valence-electron chi connectivity index (χ2n) is 6.60. The third-order valence-corrected chi connectivity index (χ3v) is 3.93. The second-order valence-corrected chi connectivity index (χ2v) is 6.60. The molecule has 2 fully saturated rings. The Morgan fingerprint density at radius 3 is 1.32 bits per heavy atom. The van der Waals surface area contributed by atoms with E-state index in [1.54, 1.807) is 12.8 Å². The highest BCUT2D eigenvalue weighted by molar-refractivity contribution is 4.86. The first-order valence-corrected chi connectivity index (χ1v) is 9.00. The maximum atomic E-state index is 2.44. The van der Waals surface area contributed by atoms with Gasteiger partial charge in [-0.15, -0.1) is 0 Å². The molecular formula is C19H42. The van der Waals surface area contributed by atoms with E-state index in [-0.39, 0.29) is 0 Å². The molecule has 0 radical (unpaired) electrons. The van der Waals surface area contributed by atoms with Gasteiger partial charge in [0.05, 0.1) is 0 Å². The van der Waals surface area contributed by atoms with Gasteiger partial charge >= 0.3 is 0 Å². The topological polar surface area (TPSA) is 0 Å². The molecule has 0 aliphatic heterocycles. The smallest absolute Gasteiger partial charge is 0.0383 e. The van der Waals surface area contributed by atoms with Crippen LogP contribution in [0.2, 0.25) is 0 Å². The summed E-state index contributed by atoms with van der Waals surface area (Å²) in [6, 6.07) is 0. The van der Waals surface area contributed by atoms with Crippen LogP contribution in [0.5, 0.6) is 0 Å². The Morgan fingerprint density at radius 2 is 1.00 bits per heavy atom. The van der Waals surface area contributed by atoms with E-state index in [1.807, 2.05) is 27.7 Å². The fraction of sp³-hybridized carbons (Fsp3) is 1.00. The Kier molecular flexibility index (Phi) is 14.6. The SMILES string of the molecule is CC.CC.CC(C)C.CC1CCC(C2CC2)CC1C. The van der Waals surface area contributed by atoms with Crippen LogP contribution >= 0.6 is 0 Å². The molecule has 19 heavy (non-hydrogen) atoms. The molecule has 3 unspecified atom stereocenters. The van der Waals surface area contributed by atoms with Crippen LogP contribution in [0.4, 0.5) is 0 Å². The number of hydrogen-bond acceptors (Lipinski definition) is 0. The lowest BCUT2D eigenvalue weighted by molar-refractivity contribution is 0.191. The number of rotatable bonds is 1. The van der Waals surface area contributed by atoms with Gasteiger partial charge in [-0.25, -0.2) is 0 Å². The molecule has 2 saturated carbocycles. The van der Waals surface area contributed by atoms with Crippen molar-refractivity contribution >= 4 is 0 Å². The van der Waals surface area contributed by atoms with Gasteiger partial charge in [-0.1, -0.05) is 68.7 Å². The molecule has 118 valence electrons. The van der Waals surface area contributed by atoms with E-state index in [2.05, 4.69) is 34.6 Å². The Labute approximate surface area is 124 Å². The lowest BCUT2D eigenvalue weighted by atomic mass is 9.74. The zero-order valence-electron chi connectivity index (χ0n) is 15.4. The summed E-state index contributed by atoms with van der Waals surface area (Å²) in [6.07, 6.45) is 7.67. The predicted octanol–water partition coefficient (Wildman–Crippen LogP) is 7.18. The maximum absolute atomic E-state index is 2.44. The van der Waals surface area contributed by atoms with Gasteiger partial charge in [0.15, 0.2) is 0 Å². The summed E-state index contributed by atoms with van der Waals surface area (Å²) in [6.45, 7) is 19.4. The molecule has 0 bridgehead atoms. The molecule has 0 aromatic rings. The van der Waals surface area contributed by atoms with Crippen LogP contribution in [-0.2, 0) is 0 Å². The highest BCUT2D eigenvalue weighted by Gasteiger charge is 2.35. The van der Waals surface area contributed by atoms with Crippen LogP contribution < -0.4 is 0 Å². The fourth-order valence-corrected chi connectivity index (χ4v) is 2.58. The van der Waals surface area contributed by atoms with Crippen molar-refractivity contribution in [2.24, 2.45) is 29.6 Å². The highest BCUT2D eigenvalue weighted by atomic mass is 14.4. The minimum atomic E-state index is 0.833. The summed E-state index contributed by atoms with van der Waals surface area (Å²) in [4.78, 5) is 0. The average Bonchev–Trinajstić information content (AvgIpc) is 3.21. The molecule has 0 aromatic heterocycles. The summed E-state index contributed by atoms with van der Waals surface area (Å²) in [7, 11) is 0. The van der Waals surface area contributed by atoms with Crippen molar-refractivity contribution in [2.45, 2.75) is 94.4 Å². The van der Waals surface area contributed by atoms with E-state index in [9.17, 15) is 0 Å². The average molecular weight is 271 g/mol. The van der Waals surface area contributed by atoms with Crippen molar-refractivity contribution in [3.05, 3.63) is 0 Å². The largest absolute Gasteiger partial charge is 0.0683 e. The molecule has 0 saturated heterocycles. The third kappa shape index (κ3) is 11.5. The second kappa shape index (κ2) is 13.0. The van der Waals surface area contributed by atoms with Crippen LogP contribution in [0.3, 0.4) is 0 Å². The van der Waals surface area contributed by atoms with Crippen molar-refractivity contribution in [2.75, 3.05) is 0 Å². The van der Waals surface area contributed by atoms with Gasteiger partial charge in [0, 0.05) is 0 Å². The van der Waals surface area contributed by atoms with Gasteiger partial charge in [-0.3, -0.25) is 0 Å². The third-order valence-electron chi connectivity index (χ3n) is 3.93. The molecule has 2 aliphatic rings. The Balaban J connectivity index is 0. The van der Waals surface area contributed by atoms with Gasteiger partial charge in [0.2, 0.25) is 0 Å². The summed E-state index contributed by atoms with van der Waals surface area (Å²) < 4.78 is 0. The van der Waals surface area contributed by atoms with Crippen molar-refractivity contribution < 1.29 is 0 Å². The molecule has 3 atom stereocenters. The molecule has 0 spiro atoms. The first-order valence-electron chi connectivity index (χ1n) is 9.00. The molecular weight excluding hydrogens is 228 g/mol. The molecule has 0 nitrogen and oxygen atoms in total. The molecule has 2 rings (SSSR count). The van der Waals surface area contributed by atoms with Crippen molar-refractivity contribution in [1.29, 1.82) is 0 Å². The van der Waals surface area contributed by atoms with Crippen molar-refractivity contribution in [1.82, 2.24) is 0 Å². The zero-order chi connectivity index (χ0) is 15.4. The monoisotopic (exact) mass is 270 g/mol. The van der Waals surface area contributed by atoms with Crippen LogP contribution in [-0.4, -0.2) is 0 Å². The molecule has 2 aliphatic carbocycles. The molecule has 0 aromatic carbocycles. The molecule has 0 amide bonds. The molecule has 0 N–H and O–H groups in total. The van der Waals surface area contributed by atoms with Crippen LogP contribution in [0.15, 0.2) is 0 Å². The summed E-state index contributed by atoms with van der Waals surface area (Å²) >= 11 is 0. The minimum Gasteiger partial charge on any atom is -0.0683 e. The van der Waals surface area contributed by atoms with E-state index in [0.29, 0.717) is 0 Å². The Bertz CT molecular complexity index is 164. The Morgan fingerprint density at radius 1 is 0.632 bits per heavy atom. The van der Waals surface area contributed by atoms with Crippen LogP contribution in [0.1, 0.15) is 94.4 Å². The lowest BCUT2D eigenvalue weighted by Crippen LogP contribution is -2.21. The first kappa shape index (κ1) is 21.3. The summed E-state index contributed by atoms with van der Waals surface area (Å²) in [5, 5.41) is 0. The normalized spacial score (nSPS) is 29.1. The minimum absolute atomic E-state index is 0.833. The highest BCUT2D eigenvalue weighted by Crippen LogP contribution is 2.46. The first-order chi connectivity index (χ1) is 9.00. The van der Waals surface area contributed by atoms with Crippen LogP contribution in [0, 0.1) is 29.6 Å². The van der Waals surface area contributed by atoms with Gasteiger partial charge in [-0.05, 0) is 55.3 Å². The molecule has 0 heteroatoms. The van der Waals surface area contributed by atoms with Crippen molar-refractivity contribution in [3.63, 3.8) is 0 Å². The summed E-state index contributed by atoms with van der Waals surface area (Å²) in [5.41, 5.74) is 0. The lowest BCUT2D eigenvalue weighted by Gasteiger charge is -2.32. The van der Waals surface area contributed by atoms with E-state index >= 15 is 0 Å². The number of hydrogen-bond donors (Lipinski definition) is 0. The standard InChI is InChI=1S/C11H20.C4H10.2C2H6/c1-8-3-4-11(7-9(8)2)10-5-6-10;1-4(2)3;2*1-2/h8-11H,3-7H2,1-2H3;4H,1-3H3;2*1-2H3. The zero-order valence-corrected chi connectivity index (χ0v) is 15.4. The Hall–Kier alpha value is 0. The van der Waals surface area contributed by atoms with Gasteiger partial charge < -0.3 is 0 Å². The fourth-order valence-electron chi connectivity index (χ4n) is 2.58. The maximum Gasteiger partial charge on any atom is -0.0383 e. The van der Waals surface area contributed by atoms with E-state index in [0.717, 1.165) is 29.6 Å². The predicted molar refractivity (Wildman–Crippen MR) is 91.6 cm³/mol. The van der Waals surface area contributed by atoms with Crippen LogP contribution in [0.25, 0.3) is 0 Å². The van der Waals surface area contributed by atoms with Gasteiger partial charge in [0.1, 0.15) is 0 Å². The quantitative estimate of drug-likeness (QED) is 0.473. The van der Waals surface area contributed by atoms with E-state index in [1.165, 1.54) is 19.3 Å². The van der Waals surface area contributed by atoms with Gasteiger partial charge in [0.25, 0.3) is 0 Å². The molecule has 0 heterocycles. The van der Waals surface area contributed by atoms with Gasteiger partial charge in [-0.2, -0.15) is 0 Å². The summed E-state index contributed by atoms with van der Waals surface area (Å²) in [5.74, 6) is 5.13. The van der Waals surface area contributed by atoms with Crippen molar-refractivity contribution in [3.8, 4) is 0 Å². The van der Waals surface area contributed by atoms with E-state index in [4.69, 9.17) is 0 Å².